The van der Waals surface area contributed by atoms with Crippen LogP contribution in [0, 0.1) is 0 Å². The van der Waals surface area contributed by atoms with Gasteiger partial charge in [-0.25, -0.2) is 9.78 Å². The molecule has 0 spiro atoms. The number of aromatic nitrogens is 4. The first-order chi connectivity index (χ1) is 10.8. The molecule has 7 nitrogen and oxygen atoms in total. The third-order valence-electron chi connectivity index (χ3n) is 2.89. The van der Waals surface area contributed by atoms with E-state index in [0.717, 1.165) is 5.56 Å². The van der Waals surface area contributed by atoms with Gasteiger partial charge in [-0.2, -0.15) is 0 Å². The number of pyridine rings is 1. The summed E-state index contributed by atoms with van der Waals surface area (Å²) in [6, 6.07) is 13.0. The van der Waals surface area contributed by atoms with Crippen molar-refractivity contribution in [3.8, 4) is 5.82 Å². The van der Waals surface area contributed by atoms with Crippen molar-refractivity contribution in [2.45, 2.75) is 6.61 Å². The third-order valence-corrected chi connectivity index (χ3v) is 2.89. The Morgan fingerprint density at radius 3 is 2.55 bits per heavy atom. The fraction of sp³-hybridized carbons (Fsp3) is 0.0667. The van der Waals surface area contributed by atoms with Crippen LogP contribution in [0.25, 0.3) is 5.82 Å². The number of benzene rings is 1. The van der Waals surface area contributed by atoms with E-state index in [-0.39, 0.29) is 6.61 Å². The van der Waals surface area contributed by atoms with Crippen molar-refractivity contribution in [3.63, 3.8) is 0 Å². The van der Waals surface area contributed by atoms with Gasteiger partial charge < -0.3 is 4.74 Å². The minimum atomic E-state index is -0.525. The largest absolute Gasteiger partial charge is 0.444 e. The van der Waals surface area contributed by atoms with Crippen LogP contribution in [0.2, 0.25) is 0 Å². The van der Waals surface area contributed by atoms with Crippen molar-refractivity contribution in [2.75, 3.05) is 5.32 Å². The van der Waals surface area contributed by atoms with E-state index < -0.39 is 6.09 Å². The summed E-state index contributed by atoms with van der Waals surface area (Å²) < 4.78 is 6.80. The Kier molecular flexibility index (Phi) is 4.05. The number of anilines is 1. The van der Waals surface area contributed by atoms with Crippen LogP contribution in [0.1, 0.15) is 5.56 Å². The van der Waals surface area contributed by atoms with Crippen LogP contribution in [-0.4, -0.2) is 25.8 Å². The summed E-state index contributed by atoms with van der Waals surface area (Å²) >= 11 is 0. The molecule has 3 rings (SSSR count). The Labute approximate surface area is 126 Å². The molecule has 22 heavy (non-hydrogen) atoms. The molecule has 1 N–H and O–H groups in total. The van der Waals surface area contributed by atoms with E-state index in [1.807, 2.05) is 30.3 Å². The summed E-state index contributed by atoms with van der Waals surface area (Å²) in [5, 5.41) is 10.0. The highest BCUT2D eigenvalue weighted by Gasteiger charge is 2.05. The van der Waals surface area contributed by atoms with Crippen molar-refractivity contribution in [3.05, 3.63) is 66.9 Å². The smallest absolute Gasteiger partial charge is 0.412 e. The lowest BCUT2D eigenvalue weighted by Gasteiger charge is -2.07. The van der Waals surface area contributed by atoms with Gasteiger partial charge in [0.15, 0.2) is 0 Å². The lowest BCUT2D eigenvalue weighted by Crippen LogP contribution is -2.13. The number of hydrogen-bond donors (Lipinski definition) is 1. The molecule has 0 saturated carbocycles. The first-order valence-corrected chi connectivity index (χ1v) is 6.60. The summed E-state index contributed by atoms with van der Waals surface area (Å²) in [6.45, 7) is 0.221. The van der Waals surface area contributed by atoms with Crippen LogP contribution in [0.5, 0.6) is 0 Å². The maximum atomic E-state index is 11.7. The highest BCUT2D eigenvalue weighted by Crippen LogP contribution is 2.10. The Bertz CT molecular complexity index is 726. The number of hydrogen-bond acceptors (Lipinski definition) is 5. The summed E-state index contributed by atoms with van der Waals surface area (Å²) in [7, 11) is 0. The van der Waals surface area contributed by atoms with Gasteiger partial charge in [-0.3, -0.25) is 9.88 Å². The second-order valence-corrected chi connectivity index (χ2v) is 4.46. The lowest BCUT2D eigenvalue weighted by molar-refractivity contribution is 0.155. The Morgan fingerprint density at radius 2 is 1.86 bits per heavy atom. The predicted molar refractivity (Wildman–Crippen MR) is 79.4 cm³/mol. The summed E-state index contributed by atoms with van der Waals surface area (Å²) in [6.07, 6.45) is 4.11. The second-order valence-electron chi connectivity index (χ2n) is 4.46. The monoisotopic (exact) mass is 295 g/mol. The number of amides is 1. The van der Waals surface area contributed by atoms with Gasteiger partial charge >= 0.3 is 6.09 Å². The first-order valence-electron chi connectivity index (χ1n) is 6.60. The van der Waals surface area contributed by atoms with Gasteiger partial charge in [0.1, 0.15) is 25.1 Å². The van der Waals surface area contributed by atoms with Gasteiger partial charge in [0.2, 0.25) is 0 Å². The van der Waals surface area contributed by atoms with Crippen molar-refractivity contribution in [2.24, 2.45) is 0 Å². The van der Waals surface area contributed by atoms with E-state index in [4.69, 9.17) is 4.74 Å². The van der Waals surface area contributed by atoms with Crippen LogP contribution >= 0.6 is 0 Å². The molecular formula is C15H13N5O2. The van der Waals surface area contributed by atoms with Crippen molar-refractivity contribution >= 4 is 11.8 Å². The molecule has 1 amide bonds. The Balaban J connectivity index is 1.55. The zero-order valence-corrected chi connectivity index (χ0v) is 11.6. The zero-order chi connectivity index (χ0) is 15.2. The molecule has 1 aromatic carbocycles. The van der Waals surface area contributed by atoms with E-state index in [2.05, 4.69) is 20.5 Å². The molecule has 0 fully saturated rings. The zero-order valence-electron chi connectivity index (χ0n) is 11.6. The molecular weight excluding hydrogens is 282 g/mol. The second kappa shape index (κ2) is 6.49. The minimum Gasteiger partial charge on any atom is -0.444 e. The number of nitrogens with one attached hydrogen (secondary N) is 1. The highest BCUT2D eigenvalue weighted by atomic mass is 16.5. The SMILES string of the molecule is O=C(Nc1ccc(-n2cnnc2)nc1)OCc1ccccc1. The molecule has 0 aliphatic carbocycles. The van der Waals surface area contributed by atoms with Gasteiger partial charge in [0, 0.05) is 0 Å². The van der Waals surface area contributed by atoms with Gasteiger partial charge in [-0.05, 0) is 17.7 Å². The average Bonchev–Trinajstić information content (AvgIpc) is 3.09. The molecule has 0 aliphatic rings. The number of ether oxygens (including phenoxy) is 1. The molecule has 0 bridgehead atoms. The summed E-state index contributed by atoms with van der Waals surface area (Å²) in [4.78, 5) is 15.9. The maximum absolute atomic E-state index is 11.7. The highest BCUT2D eigenvalue weighted by molar-refractivity contribution is 5.84. The summed E-state index contributed by atoms with van der Waals surface area (Å²) in [5.41, 5.74) is 1.48. The van der Waals surface area contributed by atoms with Gasteiger partial charge in [0.25, 0.3) is 0 Å². The van der Waals surface area contributed by atoms with Crippen LogP contribution in [-0.2, 0) is 11.3 Å². The number of nitrogens with zero attached hydrogens (tertiary/aromatic N) is 4. The van der Waals surface area contributed by atoms with Gasteiger partial charge in [-0.15, -0.1) is 10.2 Å². The number of carbonyl (C=O) groups excluding carboxylic acids is 1. The molecule has 0 unspecified atom stereocenters. The van der Waals surface area contributed by atoms with Crippen molar-refractivity contribution in [1.82, 2.24) is 19.7 Å². The van der Waals surface area contributed by atoms with E-state index in [1.54, 1.807) is 35.6 Å². The van der Waals surface area contributed by atoms with Crippen LogP contribution in [0.15, 0.2) is 61.3 Å². The van der Waals surface area contributed by atoms with E-state index in [1.165, 1.54) is 0 Å². The fourth-order valence-electron chi connectivity index (χ4n) is 1.81. The van der Waals surface area contributed by atoms with Crippen molar-refractivity contribution in [1.29, 1.82) is 0 Å². The molecule has 2 heterocycles. The van der Waals surface area contributed by atoms with E-state index in [9.17, 15) is 4.79 Å². The minimum absolute atomic E-state index is 0.221. The number of carbonyl (C=O) groups is 1. The van der Waals surface area contributed by atoms with Gasteiger partial charge in [-0.1, -0.05) is 30.3 Å². The van der Waals surface area contributed by atoms with Crippen LogP contribution < -0.4 is 5.32 Å². The standard InChI is InChI=1S/C15H13N5O2/c21-15(22-9-12-4-2-1-3-5-12)19-13-6-7-14(16-8-13)20-10-17-18-11-20/h1-8,10-11H,9H2,(H,19,21). The maximum Gasteiger partial charge on any atom is 0.412 e. The molecule has 7 heteroatoms. The molecule has 0 saturated heterocycles. The Morgan fingerprint density at radius 1 is 1.09 bits per heavy atom. The molecule has 0 radical (unpaired) electrons. The average molecular weight is 295 g/mol. The quantitative estimate of drug-likeness (QED) is 0.799. The lowest BCUT2D eigenvalue weighted by atomic mass is 10.2. The third kappa shape index (κ3) is 3.45. The first kappa shape index (κ1) is 13.7. The molecule has 0 atom stereocenters. The molecule has 2 aromatic heterocycles. The van der Waals surface area contributed by atoms with Crippen LogP contribution in [0.3, 0.4) is 0 Å². The molecule has 110 valence electrons. The van der Waals surface area contributed by atoms with E-state index in [0.29, 0.717) is 11.5 Å². The molecule has 3 aromatic rings. The summed E-state index contributed by atoms with van der Waals surface area (Å²) in [5.74, 6) is 0.660. The topological polar surface area (TPSA) is 81.9 Å². The molecule has 0 aliphatic heterocycles. The fourth-order valence-corrected chi connectivity index (χ4v) is 1.81. The normalized spacial score (nSPS) is 10.2. The van der Waals surface area contributed by atoms with E-state index >= 15 is 0 Å². The predicted octanol–water partition coefficient (Wildman–Crippen LogP) is 2.41. The number of rotatable bonds is 4. The van der Waals surface area contributed by atoms with Crippen molar-refractivity contribution < 1.29 is 9.53 Å². The van der Waals surface area contributed by atoms with Gasteiger partial charge in [0.05, 0.1) is 11.9 Å². The van der Waals surface area contributed by atoms with Crippen LogP contribution in [0.4, 0.5) is 10.5 Å². The Hall–Kier alpha value is -3.22.